The standard InChI is InChI=1S/C6H4ClN/c7-4-1-2-5-6(3-4)8-5/h1-3,8H. The van der Waals surface area contributed by atoms with E-state index in [0.29, 0.717) is 0 Å². The lowest BCUT2D eigenvalue weighted by Crippen LogP contribution is -1.49. The number of halogens is 1. The minimum absolute atomic E-state index is 0.800. The SMILES string of the molecule is Clc1ccc2c(c1)N2. The summed E-state index contributed by atoms with van der Waals surface area (Å²) in [6.45, 7) is 0. The second kappa shape index (κ2) is 1.17. The van der Waals surface area contributed by atoms with Crippen molar-refractivity contribution in [1.29, 1.82) is 0 Å². The van der Waals surface area contributed by atoms with Crippen molar-refractivity contribution in [2.45, 2.75) is 0 Å². The van der Waals surface area contributed by atoms with Crippen molar-refractivity contribution in [2.24, 2.45) is 0 Å². The van der Waals surface area contributed by atoms with Crippen LogP contribution in [0.25, 0.3) is 0 Å². The van der Waals surface area contributed by atoms with Gasteiger partial charge in [-0.15, -0.1) is 0 Å². The van der Waals surface area contributed by atoms with Crippen LogP contribution < -0.4 is 5.32 Å². The molecule has 0 spiro atoms. The predicted molar refractivity (Wildman–Crippen MR) is 34.7 cm³/mol. The van der Waals surface area contributed by atoms with E-state index in [9.17, 15) is 0 Å². The molecule has 1 heterocycles. The summed E-state index contributed by atoms with van der Waals surface area (Å²) in [6.07, 6.45) is 0. The van der Waals surface area contributed by atoms with Gasteiger partial charge in [0, 0.05) is 5.02 Å². The molecule has 1 aliphatic rings. The van der Waals surface area contributed by atoms with Crippen LogP contribution in [0.5, 0.6) is 0 Å². The van der Waals surface area contributed by atoms with Crippen molar-refractivity contribution in [3.63, 3.8) is 0 Å². The Morgan fingerprint density at radius 1 is 1.25 bits per heavy atom. The van der Waals surface area contributed by atoms with Crippen molar-refractivity contribution in [1.82, 2.24) is 0 Å². The minimum Gasteiger partial charge on any atom is -0.352 e. The van der Waals surface area contributed by atoms with Crippen LogP contribution in [0.15, 0.2) is 18.2 Å². The third kappa shape index (κ3) is 0.482. The van der Waals surface area contributed by atoms with Gasteiger partial charge in [0.15, 0.2) is 0 Å². The third-order valence-corrected chi connectivity index (χ3v) is 1.42. The van der Waals surface area contributed by atoms with Crippen molar-refractivity contribution in [2.75, 3.05) is 5.32 Å². The minimum atomic E-state index is 0.800. The molecule has 1 aromatic carbocycles. The van der Waals surface area contributed by atoms with Gasteiger partial charge in [-0.1, -0.05) is 11.6 Å². The maximum atomic E-state index is 5.64. The Bertz CT molecular complexity index is 231. The summed E-state index contributed by atoms with van der Waals surface area (Å²) in [6, 6.07) is 5.76. The Hall–Kier alpha value is -0.690. The molecule has 0 saturated carbocycles. The van der Waals surface area contributed by atoms with Crippen molar-refractivity contribution < 1.29 is 0 Å². The molecule has 2 rings (SSSR count). The molecule has 1 nitrogen and oxygen atoms in total. The highest BCUT2D eigenvalue weighted by Gasteiger charge is 2.13. The fourth-order valence-electron chi connectivity index (χ4n) is 0.708. The normalized spacial score (nSPS) is 12.1. The molecule has 0 fully saturated rings. The van der Waals surface area contributed by atoms with Gasteiger partial charge >= 0.3 is 0 Å². The molecule has 1 aliphatic heterocycles. The van der Waals surface area contributed by atoms with Gasteiger partial charge in [0.25, 0.3) is 0 Å². The Morgan fingerprint density at radius 3 is 2.75 bits per heavy atom. The third-order valence-electron chi connectivity index (χ3n) is 1.19. The lowest BCUT2D eigenvalue weighted by atomic mass is 10.4. The average molecular weight is 126 g/mol. The molecular formula is C6H4ClN. The van der Waals surface area contributed by atoms with Gasteiger partial charge in [-0.3, -0.25) is 0 Å². The second-order valence-corrected chi connectivity index (χ2v) is 2.25. The first-order chi connectivity index (χ1) is 3.86. The van der Waals surface area contributed by atoms with E-state index in [1.54, 1.807) is 0 Å². The zero-order valence-electron chi connectivity index (χ0n) is 4.11. The summed E-state index contributed by atoms with van der Waals surface area (Å²) in [4.78, 5) is 0. The Labute approximate surface area is 52.3 Å². The predicted octanol–water partition coefficient (Wildman–Crippen LogP) is 2.40. The Morgan fingerprint density at radius 2 is 2.12 bits per heavy atom. The summed E-state index contributed by atoms with van der Waals surface area (Å²) >= 11 is 5.64. The zero-order chi connectivity index (χ0) is 5.56. The molecular weight excluding hydrogens is 122 g/mol. The first-order valence-electron chi connectivity index (χ1n) is 2.43. The van der Waals surface area contributed by atoms with Gasteiger partial charge in [-0.05, 0) is 18.2 Å². The Balaban J connectivity index is 2.64. The van der Waals surface area contributed by atoms with Crippen molar-refractivity contribution in [3.05, 3.63) is 23.2 Å². The van der Waals surface area contributed by atoms with E-state index in [0.717, 1.165) is 10.7 Å². The highest BCUT2D eigenvalue weighted by Crippen LogP contribution is 2.39. The number of anilines is 2. The van der Waals surface area contributed by atoms with Crippen molar-refractivity contribution in [3.8, 4) is 0 Å². The number of hydrogen-bond donors (Lipinski definition) is 1. The summed E-state index contributed by atoms with van der Waals surface area (Å²) in [7, 11) is 0. The number of rotatable bonds is 0. The molecule has 8 heavy (non-hydrogen) atoms. The molecule has 0 unspecified atom stereocenters. The van der Waals surface area contributed by atoms with Crippen LogP contribution in [-0.2, 0) is 0 Å². The maximum absolute atomic E-state index is 5.64. The Kier molecular flexibility index (Phi) is 0.619. The van der Waals surface area contributed by atoms with E-state index >= 15 is 0 Å². The van der Waals surface area contributed by atoms with E-state index in [1.807, 2.05) is 18.2 Å². The molecule has 0 radical (unpaired) electrons. The molecule has 0 amide bonds. The van der Waals surface area contributed by atoms with Gasteiger partial charge < -0.3 is 5.32 Å². The van der Waals surface area contributed by atoms with Crippen LogP contribution in [0, 0.1) is 0 Å². The van der Waals surface area contributed by atoms with E-state index in [4.69, 9.17) is 11.6 Å². The topological polar surface area (TPSA) is 21.9 Å². The molecule has 40 valence electrons. The van der Waals surface area contributed by atoms with Crippen LogP contribution in [0.2, 0.25) is 5.02 Å². The fourth-order valence-corrected chi connectivity index (χ4v) is 0.880. The summed E-state index contributed by atoms with van der Waals surface area (Å²) in [5.74, 6) is 0. The largest absolute Gasteiger partial charge is 0.352 e. The highest BCUT2D eigenvalue weighted by molar-refractivity contribution is 6.31. The molecule has 0 aromatic heterocycles. The maximum Gasteiger partial charge on any atom is 0.0639 e. The van der Waals surface area contributed by atoms with E-state index < -0.39 is 0 Å². The van der Waals surface area contributed by atoms with Crippen molar-refractivity contribution >= 4 is 23.0 Å². The van der Waals surface area contributed by atoms with Gasteiger partial charge in [0.2, 0.25) is 0 Å². The van der Waals surface area contributed by atoms with Crippen LogP contribution >= 0.6 is 11.6 Å². The number of benzene rings is 1. The second-order valence-electron chi connectivity index (χ2n) is 1.81. The first-order valence-corrected chi connectivity index (χ1v) is 2.80. The first kappa shape index (κ1) is 4.21. The van der Waals surface area contributed by atoms with Crippen LogP contribution in [0.3, 0.4) is 0 Å². The zero-order valence-corrected chi connectivity index (χ0v) is 4.87. The number of fused-ring (bicyclic) bond motifs is 1. The summed E-state index contributed by atoms with van der Waals surface area (Å²) in [5, 5.41) is 3.85. The van der Waals surface area contributed by atoms with Gasteiger partial charge in [0.1, 0.15) is 0 Å². The quantitative estimate of drug-likeness (QED) is 0.537. The fraction of sp³-hybridized carbons (Fsp3) is 0. The summed E-state index contributed by atoms with van der Waals surface area (Å²) in [5.41, 5.74) is 2.37. The van der Waals surface area contributed by atoms with Gasteiger partial charge in [-0.2, -0.15) is 0 Å². The van der Waals surface area contributed by atoms with Gasteiger partial charge in [0.05, 0.1) is 11.4 Å². The smallest absolute Gasteiger partial charge is 0.0639 e. The van der Waals surface area contributed by atoms with Crippen LogP contribution in [-0.4, -0.2) is 0 Å². The van der Waals surface area contributed by atoms with E-state index in [1.165, 1.54) is 5.69 Å². The monoisotopic (exact) mass is 125 g/mol. The lowest BCUT2D eigenvalue weighted by molar-refractivity contribution is 1.86. The molecule has 2 heteroatoms. The average Bonchev–Trinajstić information content (AvgIpc) is 2.43. The highest BCUT2D eigenvalue weighted by atomic mass is 35.5. The summed E-state index contributed by atoms with van der Waals surface area (Å²) < 4.78 is 0. The molecule has 0 saturated heterocycles. The van der Waals surface area contributed by atoms with Gasteiger partial charge in [-0.25, -0.2) is 0 Å². The number of nitrogens with one attached hydrogen (secondary N) is 1. The lowest BCUT2D eigenvalue weighted by Gasteiger charge is -1.76. The van der Waals surface area contributed by atoms with E-state index in [2.05, 4.69) is 5.32 Å². The molecule has 1 aromatic rings. The molecule has 0 bridgehead atoms. The number of hydrogen-bond acceptors (Lipinski definition) is 1. The molecule has 1 N–H and O–H groups in total. The molecule has 0 atom stereocenters. The van der Waals surface area contributed by atoms with Crippen LogP contribution in [0.1, 0.15) is 0 Å². The van der Waals surface area contributed by atoms with Crippen LogP contribution in [0.4, 0.5) is 11.4 Å². The molecule has 0 aliphatic carbocycles. The van der Waals surface area contributed by atoms with E-state index in [-0.39, 0.29) is 0 Å².